The molecule has 2 aliphatic rings. The molecule has 6 atom stereocenters. The third-order valence-electron chi connectivity index (χ3n) is 7.77. The van der Waals surface area contributed by atoms with Crippen molar-refractivity contribution < 1.29 is 55.2 Å². The molecule has 2 aromatic carbocycles. The van der Waals surface area contributed by atoms with Gasteiger partial charge in [-0.3, -0.25) is 9.59 Å². The van der Waals surface area contributed by atoms with E-state index in [-0.39, 0.29) is 47.4 Å². The number of alkyl halides is 1. The van der Waals surface area contributed by atoms with Crippen LogP contribution < -0.4 is 4.74 Å². The second-order valence-corrected chi connectivity index (χ2v) is 15.7. The predicted octanol–water partition coefficient (Wildman–Crippen LogP) is 3.41. The number of phenols is 1. The summed E-state index contributed by atoms with van der Waals surface area (Å²) in [5, 5.41) is 9.29. The van der Waals surface area contributed by atoms with Gasteiger partial charge in [-0.25, -0.2) is 16.8 Å². The summed E-state index contributed by atoms with van der Waals surface area (Å²) < 4.78 is 80.1. The number of rotatable bonds is 8. The first kappa shape index (κ1) is 45.3. The molecule has 4 rings (SSSR count). The van der Waals surface area contributed by atoms with Crippen LogP contribution in [0.25, 0.3) is 0 Å². The van der Waals surface area contributed by atoms with Gasteiger partial charge in [0.1, 0.15) is 30.2 Å². The maximum absolute atomic E-state index is 13.1. The first-order chi connectivity index (χ1) is 25.0. The maximum Gasteiger partial charge on any atom is 0.326 e. The van der Waals surface area contributed by atoms with Gasteiger partial charge in [-0.15, -0.1) is 23.4 Å². The van der Waals surface area contributed by atoms with Crippen molar-refractivity contribution in [1.82, 2.24) is 8.61 Å². The Balaban J connectivity index is 0.000000329. The van der Waals surface area contributed by atoms with Crippen LogP contribution in [0.1, 0.15) is 41.5 Å². The van der Waals surface area contributed by atoms with Gasteiger partial charge in [0.15, 0.2) is 0 Å². The Bertz CT molecular complexity index is 1850. The van der Waals surface area contributed by atoms with Crippen LogP contribution in [0.4, 0.5) is 0 Å². The number of carbonyl (C=O) groups is 2. The Morgan fingerprint density at radius 2 is 1.15 bits per heavy atom. The molecule has 0 radical (unpaired) electrons. The van der Waals surface area contributed by atoms with Gasteiger partial charge < -0.3 is 28.8 Å². The molecule has 2 saturated heterocycles. The van der Waals surface area contributed by atoms with E-state index in [1.165, 1.54) is 50.6 Å². The second-order valence-electron chi connectivity index (χ2n) is 11.6. The summed E-state index contributed by atoms with van der Waals surface area (Å²) in [5.74, 6) is 10.4. The molecule has 6 unspecified atom stereocenters. The SMILES string of the molecule is CC#CCCl.CC#CCOc1ccc(S(=O)(=O)N2CC(C)OC(C)C2C(=O)OC)cc1.COC(=O)C1C(C)OC(C)CN1S(=O)(=O)c1ccc(O)cc1. The number of halogens is 1. The summed E-state index contributed by atoms with van der Waals surface area (Å²) >= 11 is 5.13. The molecule has 2 fully saturated rings. The number of benzene rings is 2. The lowest BCUT2D eigenvalue weighted by Gasteiger charge is -2.39. The fourth-order valence-corrected chi connectivity index (χ4v) is 8.94. The molecule has 0 aromatic heterocycles. The molecule has 2 aliphatic heterocycles. The molecular weight excluding hydrogens is 752 g/mol. The van der Waals surface area contributed by atoms with E-state index < -0.39 is 56.3 Å². The van der Waals surface area contributed by atoms with E-state index in [0.29, 0.717) is 11.6 Å². The van der Waals surface area contributed by atoms with Gasteiger partial charge in [0.05, 0.1) is 54.3 Å². The van der Waals surface area contributed by atoms with Crippen molar-refractivity contribution in [2.75, 3.05) is 39.8 Å². The summed E-state index contributed by atoms with van der Waals surface area (Å²) in [4.78, 5) is 24.2. The van der Waals surface area contributed by atoms with Crippen LogP contribution in [0.3, 0.4) is 0 Å². The zero-order valence-corrected chi connectivity index (χ0v) is 33.3. The van der Waals surface area contributed by atoms with Crippen molar-refractivity contribution in [1.29, 1.82) is 0 Å². The monoisotopic (exact) mass is 798 g/mol. The third kappa shape index (κ3) is 12.3. The number of carbonyl (C=O) groups excluding carboxylic acids is 2. The summed E-state index contributed by atoms with van der Waals surface area (Å²) in [5.41, 5.74) is 0. The number of morpholine rings is 2. The molecular formula is C36H47ClN2O12S2. The normalized spacial score (nSPS) is 23.1. The topological polar surface area (TPSA) is 175 Å². The first-order valence-corrected chi connectivity index (χ1v) is 19.8. The number of methoxy groups -OCH3 is 2. The van der Waals surface area contributed by atoms with Gasteiger partial charge in [0.25, 0.3) is 0 Å². The minimum Gasteiger partial charge on any atom is -0.508 e. The number of phenolic OH excluding ortho intramolecular Hbond substituents is 1. The lowest BCUT2D eigenvalue weighted by molar-refractivity contribution is -0.159. The number of esters is 2. The van der Waals surface area contributed by atoms with E-state index in [4.69, 9.17) is 35.3 Å². The average Bonchev–Trinajstić information content (AvgIpc) is 3.12. The fourth-order valence-electron chi connectivity index (χ4n) is 5.38. The Labute approximate surface area is 317 Å². The lowest BCUT2D eigenvalue weighted by Crippen LogP contribution is -2.58. The van der Waals surface area contributed by atoms with Crippen LogP contribution in [-0.4, -0.2) is 119 Å². The largest absolute Gasteiger partial charge is 0.508 e. The summed E-state index contributed by atoms with van der Waals surface area (Å²) in [7, 11) is -5.38. The predicted molar refractivity (Wildman–Crippen MR) is 197 cm³/mol. The molecule has 1 N–H and O–H groups in total. The van der Waals surface area contributed by atoms with Crippen molar-refractivity contribution >= 4 is 43.6 Å². The smallest absolute Gasteiger partial charge is 0.326 e. The van der Waals surface area contributed by atoms with Crippen LogP contribution in [0, 0.1) is 23.7 Å². The molecule has 2 aromatic rings. The molecule has 0 bridgehead atoms. The number of hydrogen-bond donors (Lipinski definition) is 1. The molecule has 53 heavy (non-hydrogen) atoms. The quantitative estimate of drug-likeness (QED) is 0.235. The Kier molecular flexibility index (Phi) is 18.1. The molecule has 17 heteroatoms. The molecule has 292 valence electrons. The van der Waals surface area contributed by atoms with Crippen LogP contribution >= 0.6 is 11.6 Å². The Morgan fingerprint density at radius 1 is 0.755 bits per heavy atom. The molecule has 0 spiro atoms. The number of aromatic hydroxyl groups is 1. The first-order valence-electron chi connectivity index (χ1n) is 16.4. The number of nitrogens with zero attached hydrogens (tertiary/aromatic N) is 2. The van der Waals surface area contributed by atoms with E-state index in [1.54, 1.807) is 53.7 Å². The van der Waals surface area contributed by atoms with Crippen molar-refractivity contribution in [3.63, 3.8) is 0 Å². The number of sulfonamides is 2. The van der Waals surface area contributed by atoms with Crippen LogP contribution in [0.5, 0.6) is 11.5 Å². The van der Waals surface area contributed by atoms with Crippen LogP contribution in [-0.2, 0) is 48.6 Å². The maximum atomic E-state index is 13.1. The highest BCUT2D eigenvalue weighted by Gasteiger charge is 2.46. The standard InChI is InChI=1S/C18H23NO6S.C14H19NO6S.C4H5Cl/c1-5-6-11-24-15-7-9-16(10-8-15)26(21,22)19-12-13(2)25-14(3)17(19)18(20)23-4;1-9-8-15(13(10(2)21-9)14(17)20-3)22(18,19)12-6-4-11(16)5-7-12;1-2-3-4-5/h7-10,13-14,17H,11-12H2,1-4H3;4-7,9-10,13,16H,8H2,1-3H3;4H2,1H3. The minimum absolute atomic E-state index is 0.000466. The minimum atomic E-state index is -3.91. The third-order valence-corrected chi connectivity index (χ3v) is 11.6. The van der Waals surface area contributed by atoms with Gasteiger partial charge in [-0.2, -0.15) is 8.61 Å². The highest BCUT2D eigenvalue weighted by molar-refractivity contribution is 7.89. The summed E-state index contributed by atoms with van der Waals surface area (Å²) in [6, 6.07) is 9.10. The van der Waals surface area contributed by atoms with Gasteiger partial charge in [-0.1, -0.05) is 11.8 Å². The molecule has 2 heterocycles. The molecule has 14 nitrogen and oxygen atoms in total. The van der Waals surface area contributed by atoms with E-state index >= 15 is 0 Å². The van der Waals surface area contributed by atoms with Crippen molar-refractivity contribution in [2.45, 2.75) is 87.8 Å². The van der Waals surface area contributed by atoms with Crippen LogP contribution in [0.15, 0.2) is 58.3 Å². The zero-order valence-electron chi connectivity index (χ0n) is 30.9. The zero-order chi connectivity index (χ0) is 39.9. The molecule has 0 saturated carbocycles. The summed E-state index contributed by atoms with van der Waals surface area (Å²) in [6.45, 7) is 10.6. The number of hydrogen-bond acceptors (Lipinski definition) is 12. The summed E-state index contributed by atoms with van der Waals surface area (Å²) in [6.07, 6.45) is -1.92. The molecule has 0 amide bonds. The number of ether oxygens (including phenoxy) is 5. The van der Waals surface area contributed by atoms with Crippen molar-refractivity contribution in [3.8, 4) is 35.2 Å². The van der Waals surface area contributed by atoms with E-state index in [9.17, 15) is 31.5 Å². The fraction of sp³-hybridized carbons (Fsp3) is 0.500. The van der Waals surface area contributed by atoms with Crippen molar-refractivity contribution in [2.24, 2.45) is 0 Å². The van der Waals surface area contributed by atoms with E-state index in [2.05, 4.69) is 23.7 Å². The van der Waals surface area contributed by atoms with Gasteiger partial charge in [0.2, 0.25) is 20.0 Å². The van der Waals surface area contributed by atoms with E-state index in [1.807, 2.05) is 0 Å². The van der Waals surface area contributed by atoms with Gasteiger partial charge in [-0.05, 0) is 90.1 Å². The van der Waals surface area contributed by atoms with E-state index in [0.717, 1.165) is 8.61 Å². The lowest BCUT2D eigenvalue weighted by atomic mass is 10.1. The molecule has 0 aliphatic carbocycles. The van der Waals surface area contributed by atoms with Gasteiger partial charge in [0, 0.05) is 13.1 Å². The van der Waals surface area contributed by atoms with Crippen LogP contribution in [0.2, 0.25) is 0 Å². The highest BCUT2D eigenvalue weighted by atomic mass is 35.5. The Morgan fingerprint density at radius 3 is 1.49 bits per heavy atom. The average molecular weight is 799 g/mol. The second kappa shape index (κ2) is 21.1. The van der Waals surface area contributed by atoms with Gasteiger partial charge >= 0.3 is 11.9 Å². The Hall–Kier alpha value is -3.87. The highest BCUT2D eigenvalue weighted by Crippen LogP contribution is 2.29. The van der Waals surface area contributed by atoms with Crippen molar-refractivity contribution in [3.05, 3.63) is 48.5 Å².